The first-order valence-electron chi connectivity index (χ1n) is 7.41. The third-order valence-electron chi connectivity index (χ3n) is 3.98. The van der Waals surface area contributed by atoms with Gasteiger partial charge in [-0.3, -0.25) is 4.79 Å². The number of quaternary nitrogens is 1. The van der Waals surface area contributed by atoms with E-state index >= 15 is 0 Å². The van der Waals surface area contributed by atoms with Crippen molar-refractivity contribution >= 4 is 5.91 Å². The van der Waals surface area contributed by atoms with Crippen LogP contribution in [0.5, 0.6) is 5.75 Å². The highest BCUT2D eigenvalue weighted by molar-refractivity contribution is 5.76. The highest BCUT2D eigenvalue weighted by Crippen LogP contribution is 2.13. The molecule has 110 valence electrons. The van der Waals surface area contributed by atoms with Gasteiger partial charge in [-0.05, 0) is 24.1 Å². The minimum atomic E-state index is 0.288. The average Bonchev–Trinajstić information content (AvgIpc) is 2.70. The Morgan fingerprint density at radius 3 is 2.70 bits per heavy atom. The molecule has 0 aliphatic carbocycles. The van der Waals surface area contributed by atoms with Gasteiger partial charge in [0.25, 0.3) is 0 Å². The molecule has 1 amide bonds. The van der Waals surface area contributed by atoms with E-state index in [4.69, 9.17) is 4.74 Å². The first-order chi connectivity index (χ1) is 9.69. The van der Waals surface area contributed by atoms with Crippen molar-refractivity contribution in [1.29, 1.82) is 0 Å². The summed E-state index contributed by atoms with van der Waals surface area (Å²) in [5.41, 5.74) is 1.19. The zero-order valence-electron chi connectivity index (χ0n) is 12.5. The third kappa shape index (κ3) is 4.23. The van der Waals surface area contributed by atoms with Crippen molar-refractivity contribution in [1.82, 2.24) is 4.90 Å². The van der Waals surface area contributed by atoms with Crippen LogP contribution in [0.1, 0.15) is 18.4 Å². The molecule has 1 N–H and O–H groups in total. The highest BCUT2D eigenvalue weighted by Gasteiger charge is 2.18. The third-order valence-corrected chi connectivity index (χ3v) is 3.98. The fraction of sp³-hybridized carbons (Fsp3) is 0.562. The molecule has 1 aromatic rings. The Labute approximate surface area is 121 Å². The zero-order chi connectivity index (χ0) is 14.4. The van der Waals surface area contributed by atoms with Crippen molar-refractivity contribution < 1.29 is 14.4 Å². The number of rotatable bonds is 4. The Hall–Kier alpha value is -1.55. The summed E-state index contributed by atoms with van der Waals surface area (Å²) in [6, 6.07) is 7.97. The normalized spacial score (nSPS) is 19.5. The van der Waals surface area contributed by atoms with Gasteiger partial charge in [0.05, 0.1) is 33.8 Å². The van der Waals surface area contributed by atoms with Crippen LogP contribution >= 0.6 is 0 Å². The van der Waals surface area contributed by atoms with Crippen molar-refractivity contribution in [2.45, 2.75) is 19.3 Å². The molecule has 1 fully saturated rings. The molecule has 1 aromatic carbocycles. The smallest absolute Gasteiger partial charge is 0.223 e. The number of likely N-dealkylation sites (N-methyl/N-ethyl adjacent to an activating group) is 1. The fourth-order valence-electron chi connectivity index (χ4n) is 2.59. The first kappa shape index (κ1) is 14.9. The van der Waals surface area contributed by atoms with Crippen LogP contribution in [0, 0.1) is 0 Å². The van der Waals surface area contributed by atoms with Crippen molar-refractivity contribution in [2.24, 2.45) is 0 Å². The van der Waals surface area contributed by atoms with E-state index in [9.17, 15) is 4.79 Å². The quantitative estimate of drug-likeness (QED) is 0.863. The molecule has 1 aliphatic rings. The van der Waals surface area contributed by atoms with Gasteiger partial charge in [-0.15, -0.1) is 0 Å². The lowest BCUT2D eigenvalue weighted by Crippen LogP contribution is -3.09. The largest absolute Gasteiger partial charge is 0.497 e. The van der Waals surface area contributed by atoms with E-state index in [2.05, 4.69) is 7.05 Å². The topological polar surface area (TPSA) is 34.0 Å². The van der Waals surface area contributed by atoms with Crippen LogP contribution in [0.2, 0.25) is 0 Å². The van der Waals surface area contributed by atoms with E-state index in [1.165, 1.54) is 17.0 Å². The number of hydrogen-bond donors (Lipinski definition) is 1. The van der Waals surface area contributed by atoms with Crippen molar-refractivity contribution in [3.63, 3.8) is 0 Å². The molecule has 0 bridgehead atoms. The van der Waals surface area contributed by atoms with Crippen molar-refractivity contribution in [3.8, 4) is 5.75 Å². The maximum Gasteiger partial charge on any atom is 0.223 e. The summed E-state index contributed by atoms with van der Waals surface area (Å²) in [6.07, 6.45) is 2.52. The Balaban J connectivity index is 1.81. The van der Waals surface area contributed by atoms with Crippen LogP contribution in [0.15, 0.2) is 24.3 Å². The molecule has 0 aromatic heterocycles. The van der Waals surface area contributed by atoms with Crippen molar-refractivity contribution in [2.75, 3.05) is 40.3 Å². The van der Waals surface area contributed by atoms with Crippen LogP contribution in [-0.4, -0.2) is 51.1 Å². The summed E-state index contributed by atoms with van der Waals surface area (Å²) in [5, 5.41) is 0. The molecule has 0 saturated carbocycles. The molecule has 1 saturated heterocycles. The Morgan fingerprint density at radius 1 is 1.25 bits per heavy atom. The molecule has 1 atom stereocenters. The summed E-state index contributed by atoms with van der Waals surface area (Å²) in [7, 11) is 3.86. The van der Waals surface area contributed by atoms with Gasteiger partial charge in [0.1, 0.15) is 5.75 Å². The van der Waals surface area contributed by atoms with Gasteiger partial charge < -0.3 is 14.5 Å². The second-order valence-corrected chi connectivity index (χ2v) is 5.54. The zero-order valence-corrected chi connectivity index (χ0v) is 12.5. The molecule has 1 heterocycles. The van der Waals surface area contributed by atoms with E-state index in [0.29, 0.717) is 6.42 Å². The van der Waals surface area contributed by atoms with E-state index in [1.807, 2.05) is 29.2 Å². The van der Waals surface area contributed by atoms with Gasteiger partial charge in [0.2, 0.25) is 5.91 Å². The van der Waals surface area contributed by atoms with E-state index in [0.717, 1.165) is 38.2 Å². The average molecular weight is 277 g/mol. The van der Waals surface area contributed by atoms with Crippen LogP contribution in [-0.2, 0) is 11.2 Å². The Morgan fingerprint density at radius 2 is 2.00 bits per heavy atom. The van der Waals surface area contributed by atoms with E-state index in [1.54, 1.807) is 7.11 Å². The molecular weight excluding hydrogens is 252 g/mol. The number of nitrogens with one attached hydrogen (secondary N) is 1. The minimum absolute atomic E-state index is 0.288. The summed E-state index contributed by atoms with van der Waals surface area (Å²) in [5.74, 6) is 1.15. The molecular formula is C16H25N2O2+. The second kappa shape index (κ2) is 7.29. The van der Waals surface area contributed by atoms with E-state index < -0.39 is 0 Å². The maximum absolute atomic E-state index is 12.2. The SMILES string of the molecule is COc1ccc(CCC(=O)N2CCC[NH+](C)CC2)cc1. The molecule has 0 radical (unpaired) electrons. The molecule has 4 heteroatoms. The number of methoxy groups -OCH3 is 1. The van der Waals surface area contributed by atoms with Gasteiger partial charge in [0.15, 0.2) is 0 Å². The van der Waals surface area contributed by atoms with Gasteiger partial charge in [0, 0.05) is 19.4 Å². The molecule has 0 spiro atoms. The monoisotopic (exact) mass is 277 g/mol. The van der Waals surface area contributed by atoms with Crippen LogP contribution in [0.4, 0.5) is 0 Å². The second-order valence-electron chi connectivity index (χ2n) is 5.54. The number of ether oxygens (including phenoxy) is 1. The highest BCUT2D eigenvalue weighted by atomic mass is 16.5. The number of hydrogen-bond acceptors (Lipinski definition) is 2. The molecule has 20 heavy (non-hydrogen) atoms. The van der Waals surface area contributed by atoms with Crippen LogP contribution in [0.3, 0.4) is 0 Å². The molecule has 1 unspecified atom stereocenters. The molecule has 4 nitrogen and oxygen atoms in total. The van der Waals surface area contributed by atoms with Crippen LogP contribution < -0.4 is 9.64 Å². The van der Waals surface area contributed by atoms with E-state index in [-0.39, 0.29) is 5.91 Å². The van der Waals surface area contributed by atoms with Gasteiger partial charge in [-0.25, -0.2) is 0 Å². The number of carbonyl (C=O) groups excluding carboxylic acids is 1. The predicted molar refractivity (Wildman–Crippen MR) is 79.1 cm³/mol. The number of amides is 1. The van der Waals surface area contributed by atoms with Crippen LogP contribution in [0.25, 0.3) is 0 Å². The van der Waals surface area contributed by atoms with Gasteiger partial charge >= 0.3 is 0 Å². The Kier molecular flexibility index (Phi) is 5.41. The van der Waals surface area contributed by atoms with Crippen molar-refractivity contribution in [3.05, 3.63) is 29.8 Å². The van der Waals surface area contributed by atoms with Gasteiger partial charge in [-0.2, -0.15) is 0 Å². The summed E-state index contributed by atoms with van der Waals surface area (Å²) >= 11 is 0. The predicted octanol–water partition coefficient (Wildman–Crippen LogP) is 0.375. The Bertz CT molecular complexity index is 431. The lowest BCUT2D eigenvalue weighted by molar-refractivity contribution is -0.877. The minimum Gasteiger partial charge on any atom is -0.497 e. The molecule has 2 rings (SSSR count). The first-order valence-corrected chi connectivity index (χ1v) is 7.41. The van der Waals surface area contributed by atoms with Gasteiger partial charge in [-0.1, -0.05) is 12.1 Å². The number of benzene rings is 1. The summed E-state index contributed by atoms with van der Waals surface area (Å²) in [6.45, 7) is 4.04. The standard InChI is InChI=1S/C16H24N2O2/c1-17-10-3-11-18(13-12-17)16(19)9-6-14-4-7-15(20-2)8-5-14/h4-5,7-8H,3,6,9-13H2,1-2H3/p+1. The lowest BCUT2D eigenvalue weighted by atomic mass is 10.1. The lowest BCUT2D eigenvalue weighted by Gasteiger charge is -2.19. The summed E-state index contributed by atoms with van der Waals surface area (Å²) in [4.78, 5) is 15.8. The summed E-state index contributed by atoms with van der Waals surface area (Å²) < 4.78 is 5.14. The fourth-order valence-corrected chi connectivity index (χ4v) is 2.59. The maximum atomic E-state index is 12.2. The molecule has 1 aliphatic heterocycles. The number of nitrogens with zero attached hydrogens (tertiary/aromatic N) is 1. The number of carbonyl (C=O) groups is 1. The number of aryl methyl sites for hydroxylation is 1.